The second-order valence-corrected chi connectivity index (χ2v) is 3.60. The van der Waals surface area contributed by atoms with Gasteiger partial charge in [-0.1, -0.05) is 15.9 Å². The lowest BCUT2D eigenvalue weighted by Gasteiger charge is -1.94. The van der Waals surface area contributed by atoms with Crippen molar-refractivity contribution in [2.75, 3.05) is 7.05 Å². The van der Waals surface area contributed by atoms with Gasteiger partial charge in [0.2, 0.25) is 0 Å². The monoisotopic (exact) mass is 270 g/mol. The Morgan fingerprint density at radius 1 is 1.67 bits per heavy atom. The Morgan fingerprint density at radius 2 is 2.47 bits per heavy atom. The van der Waals surface area contributed by atoms with Crippen LogP contribution in [0, 0.1) is 0 Å². The summed E-state index contributed by atoms with van der Waals surface area (Å²) in [7, 11) is 1.47. The van der Waals surface area contributed by atoms with Crippen LogP contribution >= 0.6 is 15.9 Å². The number of nitrogens with one attached hydrogen (secondary N) is 1. The van der Waals surface area contributed by atoms with Gasteiger partial charge < -0.3 is 10.1 Å². The maximum atomic E-state index is 10.9. The topological polar surface area (TPSA) is 68.5 Å². The standard InChI is InChI=1S/C8H7BrN4O2/c1-10-8(14)15-7-11-6-4-5(9)2-3-13(6)12-7/h2-4H,1H3,(H,10,14). The average Bonchev–Trinajstić information content (AvgIpc) is 2.59. The van der Waals surface area contributed by atoms with E-state index in [1.54, 1.807) is 12.3 Å². The molecular weight excluding hydrogens is 264 g/mol. The van der Waals surface area contributed by atoms with Crippen LogP contribution in [-0.4, -0.2) is 27.7 Å². The number of amides is 1. The van der Waals surface area contributed by atoms with Crippen LogP contribution < -0.4 is 10.1 Å². The zero-order valence-electron chi connectivity index (χ0n) is 7.77. The van der Waals surface area contributed by atoms with E-state index in [1.165, 1.54) is 11.6 Å². The van der Waals surface area contributed by atoms with E-state index in [2.05, 4.69) is 31.3 Å². The first-order chi connectivity index (χ1) is 7.19. The number of pyridine rings is 1. The molecular formula is C8H7BrN4O2. The van der Waals surface area contributed by atoms with E-state index in [9.17, 15) is 4.79 Å². The molecule has 0 aliphatic heterocycles. The number of halogens is 1. The van der Waals surface area contributed by atoms with E-state index in [0.29, 0.717) is 5.65 Å². The Hall–Kier alpha value is -1.63. The highest BCUT2D eigenvalue weighted by atomic mass is 79.9. The lowest BCUT2D eigenvalue weighted by Crippen LogP contribution is -2.22. The molecule has 78 valence electrons. The second-order valence-electron chi connectivity index (χ2n) is 2.68. The molecule has 2 aromatic rings. The summed E-state index contributed by atoms with van der Waals surface area (Å²) in [5.74, 6) is 0. The van der Waals surface area contributed by atoms with Gasteiger partial charge in [-0.15, -0.1) is 5.10 Å². The molecule has 2 heterocycles. The smallest absolute Gasteiger partial charge is 0.373 e. The summed E-state index contributed by atoms with van der Waals surface area (Å²) in [6, 6.07) is 3.60. The van der Waals surface area contributed by atoms with Crippen molar-refractivity contribution in [1.82, 2.24) is 19.9 Å². The van der Waals surface area contributed by atoms with Crippen molar-refractivity contribution < 1.29 is 9.53 Å². The molecule has 0 saturated heterocycles. The molecule has 0 fully saturated rings. The van der Waals surface area contributed by atoms with Crippen LogP contribution in [0.2, 0.25) is 0 Å². The summed E-state index contributed by atoms with van der Waals surface area (Å²) in [6.45, 7) is 0. The van der Waals surface area contributed by atoms with E-state index >= 15 is 0 Å². The Balaban J connectivity index is 2.34. The second kappa shape index (κ2) is 3.85. The van der Waals surface area contributed by atoms with Crippen molar-refractivity contribution in [3.05, 3.63) is 22.8 Å². The minimum atomic E-state index is -0.593. The van der Waals surface area contributed by atoms with E-state index in [-0.39, 0.29) is 6.01 Å². The van der Waals surface area contributed by atoms with Crippen LogP contribution in [0.25, 0.3) is 5.65 Å². The number of carbonyl (C=O) groups excluding carboxylic acids is 1. The zero-order valence-corrected chi connectivity index (χ0v) is 9.35. The molecule has 1 amide bonds. The predicted molar refractivity (Wildman–Crippen MR) is 55.8 cm³/mol. The molecule has 0 aliphatic rings. The molecule has 1 N–H and O–H groups in total. The molecule has 15 heavy (non-hydrogen) atoms. The Bertz CT molecular complexity index is 510. The summed E-state index contributed by atoms with van der Waals surface area (Å²) in [6.07, 6.45) is 1.12. The maximum absolute atomic E-state index is 10.9. The van der Waals surface area contributed by atoms with Crippen molar-refractivity contribution in [3.63, 3.8) is 0 Å². The number of hydrogen-bond donors (Lipinski definition) is 1. The molecule has 0 unspecified atom stereocenters. The Kier molecular flexibility index (Phi) is 2.55. The third kappa shape index (κ3) is 2.07. The summed E-state index contributed by atoms with van der Waals surface area (Å²) >= 11 is 3.30. The van der Waals surface area contributed by atoms with Crippen molar-refractivity contribution in [2.24, 2.45) is 0 Å². The largest absolute Gasteiger partial charge is 0.414 e. The van der Waals surface area contributed by atoms with Gasteiger partial charge in [0.05, 0.1) is 0 Å². The van der Waals surface area contributed by atoms with Gasteiger partial charge in [0.25, 0.3) is 0 Å². The number of carbonyl (C=O) groups is 1. The number of rotatable bonds is 1. The number of ether oxygens (including phenoxy) is 1. The minimum absolute atomic E-state index is 0.0208. The fraction of sp³-hybridized carbons (Fsp3) is 0.125. The maximum Gasteiger partial charge on any atom is 0.414 e. The highest BCUT2D eigenvalue weighted by molar-refractivity contribution is 9.10. The van der Waals surface area contributed by atoms with Crippen LogP contribution in [0.4, 0.5) is 4.79 Å². The number of aromatic nitrogens is 3. The summed E-state index contributed by atoms with van der Waals surface area (Å²) in [4.78, 5) is 14.9. The predicted octanol–water partition coefficient (Wildman–Crippen LogP) is 1.21. The Labute approximate surface area is 93.4 Å². The lowest BCUT2D eigenvalue weighted by atomic mass is 10.5. The molecule has 2 rings (SSSR count). The molecule has 0 aliphatic carbocycles. The first-order valence-corrected chi connectivity index (χ1v) is 4.90. The van der Waals surface area contributed by atoms with Crippen molar-refractivity contribution in [3.8, 4) is 6.01 Å². The van der Waals surface area contributed by atoms with Gasteiger partial charge in [-0.25, -0.2) is 9.31 Å². The molecule has 2 aromatic heterocycles. The third-order valence-electron chi connectivity index (χ3n) is 1.67. The molecule has 6 nitrogen and oxygen atoms in total. The van der Waals surface area contributed by atoms with Crippen molar-refractivity contribution in [1.29, 1.82) is 0 Å². The molecule has 0 spiro atoms. The van der Waals surface area contributed by atoms with Crippen LogP contribution in [0.5, 0.6) is 6.01 Å². The van der Waals surface area contributed by atoms with Gasteiger partial charge in [-0.05, 0) is 12.1 Å². The van der Waals surface area contributed by atoms with E-state index < -0.39 is 6.09 Å². The van der Waals surface area contributed by atoms with E-state index in [0.717, 1.165) is 4.47 Å². The van der Waals surface area contributed by atoms with E-state index in [1.807, 2.05) is 6.07 Å². The fourth-order valence-corrected chi connectivity index (χ4v) is 1.34. The number of nitrogens with zero attached hydrogens (tertiary/aromatic N) is 3. The number of hydrogen-bond acceptors (Lipinski definition) is 4. The van der Waals surface area contributed by atoms with Gasteiger partial charge in [-0.2, -0.15) is 4.98 Å². The van der Waals surface area contributed by atoms with Crippen LogP contribution in [0.15, 0.2) is 22.8 Å². The van der Waals surface area contributed by atoms with Crippen molar-refractivity contribution >= 4 is 27.7 Å². The van der Waals surface area contributed by atoms with Gasteiger partial charge in [0.15, 0.2) is 5.65 Å². The molecule has 7 heteroatoms. The van der Waals surface area contributed by atoms with Crippen LogP contribution in [-0.2, 0) is 0 Å². The highest BCUT2D eigenvalue weighted by Crippen LogP contribution is 2.13. The third-order valence-corrected chi connectivity index (χ3v) is 2.16. The normalized spacial score (nSPS) is 10.3. The quantitative estimate of drug-likeness (QED) is 0.846. The average molecular weight is 271 g/mol. The highest BCUT2D eigenvalue weighted by Gasteiger charge is 2.08. The van der Waals surface area contributed by atoms with E-state index in [4.69, 9.17) is 4.74 Å². The molecule has 0 bridgehead atoms. The fourth-order valence-electron chi connectivity index (χ4n) is 1.01. The van der Waals surface area contributed by atoms with Crippen molar-refractivity contribution in [2.45, 2.75) is 0 Å². The summed E-state index contributed by atoms with van der Waals surface area (Å²) in [5.41, 5.74) is 0.600. The minimum Gasteiger partial charge on any atom is -0.373 e. The zero-order chi connectivity index (χ0) is 10.8. The molecule has 0 atom stereocenters. The first-order valence-electron chi connectivity index (χ1n) is 4.10. The molecule has 0 radical (unpaired) electrons. The van der Waals surface area contributed by atoms with Gasteiger partial charge in [-0.3, -0.25) is 0 Å². The van der Waals surface area contributed by atoms with Crippen LogP contribution in [0.1, 0.15) is 0 Å². The Morgan fingerprint density at radius 3 is 3.20 bits per heavy atom. The molecule has 0 saturated carbocycles. The SMILES string of the molecule is CNC(=O)Oc1nc2cc(Br)ccn2n1. The number of fused-ring (bicyclic) bond motifs is 1. The first kappa shape index (κ1) is 9.91. The summed E-state index contributed by atoms with van der Waals surface area (Å²) in [5, 5.41) is 6.25. The summed E-state index contributed by atoms with van der Waals surface area (Å²) < 4.78 is 7.18. The van der Waals surface area contributed by atoms with Gasteiger partial charge in [0.1, 0.15) is 0 Å². The molecule has 0 aromatic carbocycles. The lowest BCUT2D eigenvalue weighted by molar-refractivity contribution is 0.199. The van der Waals surface area contributed by atoms with Gasteiger partial charge >= 0.3 is 12.1 Å². The van der Waals surface area contributed by atoms with Gasteiger partial charge in [0, 0.05) is 17.7 Å². The van der Waals surface area contributed by atoms with Crippen LogP contribution in [0.3, 0.4) is 0 Å².